The molecule has 0 spiro atoms. The van der Waals surface area contributed by atoms with E-state index in [2.05, 4.69) is 10.3 Å². The predicted molar refractivity (Wildman–Crippen MR) is 67.8 cm³/mol. The van der Waals surface area contributed by atoms with Crippen LogP contribution in [-0.4, -0.2) is 22.0 Å². The summed E-state index contributed by atoms with van der Waals surface area (Å²) in [5.41, 5.74) is 1.52. The quantitative estimate of drug-likeness (QED) is 0.899. The van der Waals surface area contributed by atoms with Gasteiger partial charge in [-0.15, -0.1) is 11.3 Å². The molecule has 1 aromatic heterocycles. The Morgan fingerprint density at radius 1 is 1.42 bits per heavy atom. The van der Waals surface area contributed by atoms with Crippen LogP contribution < -0.4 is 5.32 Å². The van der Waals surface area contributed by atoms with Crippen molar-refractivity contribution < 1.29 is 19.1 Å². The summed E-state index contributed by atoms with van der Waals surface area (Å²) in [5, 5.41) is 12.9. The Morgan fingerprint density at radius 3 is 2.84 bits per heavy atom. The molecule has 0 aliphatic heterocycles. The van der Waals surface area contributed by atoms with Crippen LogP contribution in [0.1, 0.15) is 16.1 Å². The van der Waals surface area contributed by atoms with Gasteiger partial charge in [0.1, 0.15) is 5.82 Å². The number of aromatic carboxylic acids is 1. The highest BCUT2D eigenvalue weighted by Gasteiger charge is 2.16. The maximum Gasteiger partial charge on any atom is 0.337 e. The number of amides is 1. The van der Waals surface area contributed by atoms with E-state index in [-0.39, 0.29) is 17.7 Å². The molecule has 1 aromatic carbocycles. The predicted octanol–water partition coefficient (Wildman–Crippen LogP) is 2.16. The molecule has 2 rings (SSSR count). The van der Waals surface area contributed by atoms with Crippen molar-refractivity contribution in [2.24, 2.45) is 0 Å². The summed E-state index contributed by atoms with van der Waals surface area (Å²) in [5.74, 6) is -2.60. The van der Waals surface area contributed by atoms with Crippen LogP contribution in [0.2, 0.25) is 0 Å². The normalized spacial score (nSPS) is 10.2. The summed E-state index contributed by atoms with van der Waals surface area (Å²) in [7, 11) is 0. The number of hydrogen-bond acceptors (Lipinski definition) is 4. The molecule has 0 radical (unpaired) electrons. The number of nitrogens with one attached hydrogen (secondary N) is 1. The SMILES string of the molecule is O=C(Cc1cscn1)Nc1c(F)cccc1C(=O)O. The molecule has 0 bridgehead atoms. The van der Waals surface area contributed by atoms with Gasteiger partial charge in [0.2, 0.25) is 5.91 Å². The van der Waals surface area contributed by atoms with E-state index in [4.69, 9.17) is 5.11 Å². The summed E-state index contributed by atoms with van der Waals surface area (Å²) in [6.07, 6.45) is -0.0309. The fraction of sp³-hybridized carbons (Fsp3) is 0.0833. The first-order valence-electron chi connectivity index (χ1n) is 5.26. The molecule has 19 heavy (non-hydrogen) atoms. The van der Waals surface area contributed by atoms with Crippen molar-refractivity contribution in [3.8, 4) is 0 Å². The van der Waals surface area contributed by atoms with Crippen LogP contribution in [0, 0.1) is 5.82 Å². The molecule has 0 aliphatic carbocycles. The third-order valence-corrected chi connectivity index (χ3v) is 2.97. The summed E-state index contributed by atoms with van der Waals surface area (Å²) < 4.78 is 13.6. The molecule has 1 heterocycles. The van der Waals surface area contributed by atoms with Crippen molar-refractivity contribution in [1.82, 2.24) is 4.98 Å². The topological polar surface area (TPSA) is 79.3 Å². The lowest BCUT2D eigenvalue weighted by atomic mass is 10.1. The largest absolute Gasteiger partial charge is 0.478 e. The van der Waals surface area contributed by atoms with Crippen molar-refractivity contribution in [3.63, 3.8) is 0 Å². The Balaban J connectivity index is 2.19. The van der Waals surface area contributed by atoms with E-state index in [9.17, 15) is 14.0 Å². The summed E-state index contributed by atoms with van der Waals surface area (Å²) >= 11 is 1.34. The van der Waals surface area contributed by atoms with Gasteiger partial charge >= 0.3 is 5.97 Å². The van der Waals surface area contributed by atoms with Crippen LogP contribution in [0.15, 0.2) is 29.1 Å². The lowest BCUT2D eigenvalue weighted by Crippen LogP contribution is -2.18. The molecule has 7 heteroatoms. The first kappa shape index (κ1) is 13.2. The molecule has 0 atom stereocenters. The molecule has 2 aromatic rings. The van der Waals surface area contributed by atoms with E-state index >= 15 is 0 Å². The van der Waals surface area contributed by atoms with Crippen LogP contribution >= 0.6 is 11.3 Å². The minimum absolute atomic E-state index is 0.0309. The molecule has 0 unspecified atom stereocenters. The maximum absolute atomic E-state index is 13.6. The van der Waals surface area contributed by atoms with Gasteiger partial charge in [-0.3, -0.25) is 4.79 Å². The second kappa shape index (κ2) is 5.57. The number of carboxylic acid groups (broad SMARTS) is 1. The van der Waals surface area contributed by atoms with Gasteiger partial charge in [-0.05, 0) is 12.1 Å². The van der Waals surface area contributed by atoms with Crippen LogP contribution in [-0.2, 0) is 11.2 Å². The minimum atomic E-state index is -1.30. The summed E-state index contributed by atoms with van der Waals surface area (Å²) in [4.78, 5) is 26.6. The number of benzene rings is 1. The molecule has 0 saturated heterocycles. The average molecular weight is 280 g/mol. The zero-order valence-electron chi connectivity index (χ0n) is 9.59. The van der Waals surface area contributed by atoms with Crippen molar-refractivity contribution in [2.45, 2.75) is 6.42 Å². The van der Waals surface area contributed by atoms with Gasteiger partial charge in [-0.1, -0.05) is 6.07 Å². The van der Waals surface area contributed by atoms with Gasteiger partial charge in [-0.25, -0.2) is 14.2 Å². The van der Waals surface area contributed by atoms with E-state index < -0.39 is 17.7 Å². The van der Waals surface area contributed by atoms with Crippen LogP contribution in [0.5, 0.6) is 0 Å². The number of para-hydroxylation sites is 1. The zero-order valence-corrected chi connectivity index (χ0v) is 10.4. The molecule has 98 valence electrons. The van der Waals surface area contributed by atoms with Gasteiger partial charge in [-0.2, -0.15) is 0 Å². The Kier molecular flexibility index (Phi) is 3.86. The van der Waals surface area contributed by atoms with E-state index in [1.165, 1.54) is 23.5 Å². The monoisotopic (exact) mass is 280 g/mol. The van der Waals surface area contributed by atoms with Crippen molar-refractivity contribution in [3.05, 3.63) is 46.2 Å². The number of carbonyl (C=O) groups is 2. The molecular formula is C12H9FN2O3S. The smallest absolute Gasteiger partial charge is 0.337 e. The Hall–Kier alpha value is -2.28. The first-order valence-corrected chi connectivity index (χ1v) is 6.21. The highest BCUT2D eigenvalue weighted by atomic mass is 32.1. The highest BCUT2D eigenvalue weighted by Crippen LogP contribution is 2.20. The highest BCUT2D eigenvalue weighted by molar-refractivity contribution is 7.07. The summed E-state index contributed by atoms with van der Waals surface area (Å²) in [6.45, 7) is 0. The average Bonchev–Trinajstić information content (AvgIpc) is 2.84. The van der Waals surface area contributed by atoms with Gasteiger partial charge in [0, 0.05) is 5.38 Å². The third kappa shape index (κ3) is 3.14. The Bertz CT molecular complexity index is 613. The van der Waals surface area contributed by atoms with E-state index in [1.807, 2.05) is 0 Å². The molecule has 0 fully saturated rings. The van der Waals surface area contributed by atoms with Crippen LogP contribution in [0.4, 0.5) is 10.1 Å². The van der Waals surface area contributed by atoms with Crippen molar-refractivity contribution >= 4 is 28.9 Å². The Labute approximate surface area is 111 Å². The molecule has 0 saturated carbocycles. The number of halogens is 1. The van der Waals surface area contributed by atoms with Crippen molar-refractivity contribution in [2.75, 3.05) is 5.32 Å². The molecule has 0 aliphatic rings. The number of rotatable bonds is 4. The molecule has 2 N–H and O–H groups in total. The molecule has 5 nitrogen and oxygen atoms in total. The zero-order chi connectivity index (χ0) is 13.8. The number of aromatic nitrogens is 1. The second-order valence-electron chi connectivity index (χ2n) is 3.67. The van der Waals surface area contributed by atoms with Crippen LogP contribution in [0.3, 0.4) is 0 Å². The summed E-state index contributed by atoms with van der Waals surface area (Å²) in [6, 6.07) is 3.59. The number of thiazole rings is 1. The van der Waals surface area contributed by atoms with Crippen LogP contribution in [0.25, 0.3) is 0 Å². The number of nitrogens with zero attached hydrogens (tertiary/aromatic N) is 1. The van der Waals surface area contributed by atoms with Gasteiger partial charge in [0.05, 0.1) is 28.9 Å². The van der Waals surface area contributed by atoms with E-state index in [0.717, 1.165) is 6.07 Å². The van der Waals surface area contributed by atoms with E-state index in [1.54, 1.807) is 10.9 Å². The number of carboxylic acids is 1. The standard InChI is InChI=1S/C12H9FN2O3S/c13-9-3-1-2-8(12(17)18)11(9)15-10(16)4-7-5-19-6-14-7/h1-3,5-6H,4H2,(H,15,16)(H,17,18). The number of hydrogen-bond donors (Lipinski definition) is 2. The lowest BCUT2D eigenvalue weighted by Gasteiger charge is -2.08. The maximum atomic E-state index is 13.6. The van der Waals surface area contributed by atoms with E-state index in [0.29, 0.717) is 5.69 Å². The number of anilines is 1. The van der Waals surface area contributed by atoms with Gasteiger partial charge in [0.15, 0.2) is 0 Å². The first-order chi connectivity index (χ1) is 9.08. The Morgan fingerprint density at radius 2 is 2.21 bits per heavy atom. The third-order valence-electron chi connectivity index (χ3n) is 2.33. The minimum Gasteiger partial charge on any atom is -0.478 e. The molecule has 1 amide bonds. The second-order valence-corrected chi connectivity index (χ2v) is 4.39. The molecular weight excluding hydrogens is 271 g/mol. The van der Waals surface area contributed by atoms with Crippen molar-refractivity contribution in [1.29, 1.82) is 0 Å². The lowest BCUT2D eigenvalue weighted by molar-refractivity contribution is -0.115. The fourth-order valence-electron chi connectivity index (χ4n) is 1.50. The number of carbonyl (C=O) groups excluding carboxylic acids is 1. The van der Waals surface area contributed by atoms with Gasteiger partial charge < -0.3 is 10.4 Å². The van der Waals surface area contributed by atoms with Gasteiger partial charge in [0.25, 0.3) is 0 Å². The fourth-order valence-corrected chi connectivity index (χ4v) is 2.06.